The molecular formula is C12H18N2O2S. The van der Waals surface area contributed by atoms with Gasteiger partial charge in [0.05, 0.1) is 18.1 Å². The molecular weight excluding hydrogens is 236 g/mol. The molecule has 2 heterocycles. The zero-order chi connectivity index (χ0) is 12.4. The molecule has 0 fully saturated rings. The molecule has 1 atom stereocenters. The summed E-state index contributed by atoms with van der Waals surface area (Å²) in [5.74, 6) is 0.0577. The van der Waals surface area contributed by atoms with Crippen molar-refractivity contribution in [3.05, 3.63) is 21.4 Å². The van der Waals surface area contributed by atoms with Crippen LogP contribution in [-0.2, 0) is 17.8 Å². The first-order valence-corrected chi connectivity index (χ1v) is 6.61. The van der Waals surface area contributed by atoms with E-state index in [0.29, 0.717) is 13.2 Å². The largest absolute Gasteiger partial charge is 0.376 e. The van der Waals surface area contributed by atoms with Gasteiger partial charge in [-0.3, -0.25) is 4.79 Å². The molecule has 0 saturated heterocycles. The van der Waals surface area contributed by atoms with Gasteiger partial charge in [-0.15, -0.1) is 11.3 Å². The maximum absolute atomic E-state index is 12.2. The lowest BCUT2D eigenvalue weighted by Gasteiger charge is -2.22. The second kappa shape index (κ2) is 5.16. The number of hydrogen-bond donors (Lipinski definition) is 1. The van der Waals surface area contributed by atoms with Gasteiger partial charge in [0.2, 0.25) is 0 Å². The number of fused-ring (bicyclic) bond motifs is 1. The summed E-state index contributed by atoms with van der Waals surface area (Å²) in [5, 5.41) is 0. The van der Waals surface area contributed by atoms with E-state index in [1.54, 1.807) is 23.3 Å². The summed E-state index contributed by atoms with van der Waals surface area (Å²) < 4.78 is 5.38. The van der Waals surface area contributed by atoms with Crippen molar-refractivity contribution in [3.63, 3.8) is 0 Å². The molecule has 94 valence electrons. The van der Waals surface area contributed by atoms with Crippen LogP contribution in [0.1, 0.15) is 27.0 Å². The highest BCUT2D eigenvalue weighted by Gasteiger charge is 2.21. The number of likely N-dealkylation sites (N-methyl/N-ethyl adjacent to an activating group) is 1. The van der Waals surface area contributed by atoms with E-state index in [4.69, 9.17) is 10.5 Å². The molecule has 1 amide bonds. The molecule has 5 heteroatoms. The number of carbonyl (C=O) groups excluding carboxylic acids is 1. The van der Waals surface area contributed by atoms with Gasteiger partial charge in [-0.25, -0.2) is 0 Å². The Hall–Kier alpha value is -0.910. The van der Waals surface area contributed by atoms with E-state index >= 15 is 0 Å². The van der Waals surface area contributed by atoms with Crippen molar-refractivity contribution in [2.24, 2.45) is 5.73 Å². The maximum atomic E-state index is 12.2. The predicted molar refractivity (Wildman–Crippen MR) is 68.3 cm³/mol. The first-order valence-electron chi connectivity index (χ1n) is 5.80. The quantitative estimate of drug-likeness (QED) is 0.883. The van der Waals surface area contributed by atoms with Crippen LogP contribution in [0.4, 0.5) is 0 Å². The Kier molecular flexibility index (Phi) is 3.81. The zero-order valence-corrected chi connectivity index (χ0v) is 11.0. The zero-order valence-electron chi connectivity index (χ0n) is 10.2. The van der Waals surface area contributed by atoms with Gasteiger partial charge in [0.25, 0.3) is 5.91 Å². The van der Waals surface area contributed by atoms with Gasteiger partial charge in [0, 0.05) is 30.9 Å². The summed E-state index contributed by atoms with van der Waals surface area (Å²) in [5.41, 5.74) is 6.74. The van der Waals surface area contributed by atoms with Gasteiger partial charge in [0.15, 0.2) is 0 Å². The van der Waals surface area contributed by atoms with Crippen molar-refractivity contribution >= 4 is 17.2 Å². The lowest BCUT2D eigenvalue weighted by atomic mass is 10.2. The number of ether oxygens (including phenoxy) is 1. The van der Waals surface area contributed by atoms with E-state index in [-0.39, 0.29) is 11.9 Å². The summed E-state index contributed by atoms with van der Waals surface area (Å²) >= 11 is 1.59. The summed E-state index contributed by atoms with van der Waals surface area (Å²) in [4.78, 5) is 16.0. The summed E-state index contributed by atoms with van der Waals surface area (Å²) in [6.07, 6.45) is 0.920. The molecule has 2 N–H and O–H groups in total. The standard InChI is InChI=1S/C12H18N2O2S/c1-8(6-13)14(2)12(15)11-5-9-7-16-4-3-10(9)17-11/h5,8H,3-4,6-7,13H2,1-2H3. The van der Waals surface area contributed by atoms with Gasteiger partial charge in [0.1, 0.15) is 0 Å². The molecule has 1 aliphatic heterocycles. The normalized spacial score (nSPS) is 16.4. The van der Waals surface area contributed by atoms with Gasteiger partial charge >= 0.3 is 0 Å². The molecule has 1 aromatic heterocycles. The van der Waals surface area contributed by atoms with Crippen LogP contribution in [-0.4, -0.2) is 37.0 Å². The van der Waals surface area contributed by atoms with E-state index in [0.717, 1.165) is 17.9 Å². The molecule has 0 spiro atoms. The molecule has 0 aliphatic carbocycles. The fraction of sp³-hybridized carbons (Fsp3) is 0.583. The molecule has 1 aliphatic rings. The van der Waals surface area contributed by atoms with Gasteiger partial charge in [-0.2, -0.15) is 0 Å². The number of nitrogens with zero attached hydrogens (tertiary/aromatic N) is 1. The highest BCUT2D eigenvalue weighted by Crippen LogP contribution is 2.27. The van der Waals surface area contributed by atoms with Gasteiger partial charge in [-0.05, 0) is 18.6 Å². The summed E-state index contributed by atoms with van der Waals surface area (Å²) in [6.45, 7) is 3.83. The van der Waals surface area contributed by atoms with Crippen LogP contribution in [0.25, 0.3) is 0 Å². The fourth-order valence-corrected chi connectivity index (χ4v) is 2.92. The highest BCUT2D eigenvalue weighted by molar-refractivity contribution is 7.14. The van der Waals surface area contributed by atoms with E-state index < -0.39 is 0 Å². The molecule has 0 radical (unpaired) electrons. The molecule has 0 bridgehead atoms. The Morgan fingerprint density at radius 2 is 2.47 bits per heavy atom. The van der Waals surface area contributed by atoms with Crippen molar-refractivity contribution < 1.29 is 9.53 Å². The Labute approximate surface area is 105 Å². The first kappa shape index (κ1) is 12.5. The van der Waals surface area contributed by atoms with Crippen molar-refractivity contribution in [2.75, 3.05) is 20.2 Å². The highest BCUT2D eigenvalue weighted by atomic mass is 32.1. The fourth-order valence-electron chi connectivity index (χ4n) is 1.78. The topological polar surface area (TPSA) is 55.6 Å². The monoisotopic (exact) mass is 254 g/mol. The van der Waals surface area contributed by atoms with Crippen LogP contribution in [0.15, 0.2) is 6.07 Å². The third-order valence-electron chi connectivity index (χ3n) is 3.16. The van der Waals surface area contributed by atoms with E-state index in [9.17, 15) is 4.79 Å². The van der Waals surface area contributed by atoms with Crippen LogP contribution in [0.2, 0.25) is 0 Å². The molecule has 2 rings (SSSR count). The minimum absolute atomic E-state index is 0.0577. The van der Waals surface area contributed by atoms with Crippen LogP contribution in [0.5, 0.6) is 0 Å². The van der Waals surface area contributed by atoms with Crippen LogP contribution in [0, 0.1) is 0 Å². The second-order valence-electron chi connectivity index (χ2n) is 4.36. The van der Waals surface area contributed by atoms with Crippen molar-refractivity contribution in [1.29, 1.82) is 0 Å². The average molecular weight is 254 g/mol. The number of amides is 1. The molecule has 1 unspecified atom stereocenters. The maximum Gasteiger partial charge on any atom is 0.263 e. The molecule has 0 aromatic carbocycles. The minimum Gasteiger partial charge on any atom is -0.376 e. The van der Waals surface area contributed by atoms with Gasteiger partial charge < -0.3 is 15.4 Å². The Bertz CT molecular complexity index is 393. The number of nitrogens with two attached hydrogens (primary N) is 1. The Morgan fingerprint density at radius 1 is 1.71 bits per heavy atom. The van der Waals surface area contributed by atoms with E-state index in [1.807, 2.05) is 13.0 Å². The van der Waals surface area contributed by atoms with Gasteiger partial charge in [-0.1, -0.05) is 0 Å². The van der Waals surface area contributed by atoms with E-state index in [2.05, 4.69) is 0 Å². The number of carbonyl (C=O) groups is 1. The minimum atomic E-state index is 0.0577. The van der Waals surface area contributed by atoms with Crippen LogP contribution in [0.3, 0.4) is 0 Å². The van der Waals surface area contributed by atoms with Crippen molar-refractivity contribution in [2.45, 2.75) is 26.0 Å². The lowest BCUT2D eigenvalue weighted by molar-refractivity contribution is 0.0753. The number of rotatable bonds is 3. The van der Waals surface area contributed by atoms with Crippen LogP contribution >= 0.6 is 11.3 Å². The molecule has 17 heavy (non-hydrogen) atoms. The lowest BCUT2D eigenvalue weighted by Crippen LogP contribution is -2.39. The van der Waals surface area contributed by atoms with Crippen molar-refractivity contribution in [1.82, 2.24) is 4.90 Å². The first-order chi connectivity index (χ1) is 8.13. The predicted octanol–water partition coefficient (Wildman–Crippen LogP) is 1.24. The average Bonchev–Trinajstić information content (AvgIpc) is 2.79. The van der Waals surface area contributed by atoms with Crippen LogP contribution < -0.4 is 5.73 Å². The third-order valence-corrected chi connectivity index (χ3v) is 4.39. The Morgan fingerprint density at radius 3 is 3.12 bits per heavy atom. The van der Waals surface area contributed by atoms with Crippen molar-refractivity contribution in [3.8, 4) is 0 Å². The smallest absolute Gasteiger partial charge is 0.263 e. The summed E-state index contributed by atoms with van der Waals surface area (Å²) in [7, 11) is 1.80. The molecule has 0 saturated carbocycles. The summed E-state index contributed by atoms with van der Waals surface area (Å²) in [6, 6.07) is 2.03. The number of hydrogen-bond acceptors (Lipinski definition) is 4. The Balaban J connectivity index is 2.17. The molecule has 4 nitrogen and oxygen atoms in total. The molecule has 1 aromatic rings. The second-order valence-corrected chi connectivity index (χ2v) is 5.50. The SMILES string of the molecule is CC(CN)N(C)C(=O)c1cc2c(s1)CCOC2. The van der Waals surface area contributed by atoms with E-state index in [1.165, 1.54) is 10.4 Å². The third kappa shape index (κ3) is 2.51. The number of thiophene rings is 1.